The second-order valence-corrected chi connectivity index (χ2v) is 13.4. The number of furan rings is 1. The molecule has 7 nitrogen and oxygen atoms in total. The van der Waals surface area contributed by atoms with Crippen molar-refractivity contribution in [3.8, 4) is 5.75 Å². The number of nitrogens with zero attached hydrogens (tertiary/aromatic N) is 2. The van der Waals surface area contributed by atoms with E-state index in [4.69, 9.17) is 13.9 Å². The molecule has 1 saturated carbocycles. The lowest BCUT2D eigenvalue weighted by Crippen LogP contribution is -2.79. The number of carbonyl (C=O) groups excluding carboxylic acids is 2. The second-order valence-electron chi connectivity index (χ2n) is 13.4. The Hall–Kier alpha value is -3.84. The summed E-state index contributed by atoms with van der Waals surface area (Å²) in [5, 5.41) is 0. The van der Waals surface area contributed by atoms with E-state index in [1.807, 2.05) is 17.0 Å². The summed E-state index contributed by atoms with van der Waals surface area (Å²) in [6.45, 7) is 8.24. The third kappa shape index (κ3) is 4.59. The summed E-state index contributed by atoms with van der Waals surface area (Å²) in [7, 11) is 0. The van der Waals surface area contributed by atoms with Crippen LogP contribution >= 0.6 is 0 Å². The topological polar surface area (TPSA) is 72.2 Å². The first-order valence-corrected chi connectivity index (χ1v) is 16.1. The number of carbonyl (C=O) groups is 2. The van der Waals surface area contributed by atoms with E-state index < -0.39 is 11.0 Å². The normalized spacial score (nSPS) is 28.5. The quantitative estimate of drug-likeness (QED) is 0.230. The summed E-state index contributed by atoms with van der Waals surface area (Å²) in [6, 6.07) is 18.7. The molecule has 4 aliphatic rings. The van der Waals surface area contributed by atoms with Crippen molar-refractivity contribution in [2.24, 2.45) is 5.92 Å². The second kappa shape index (κ2) is 11.3. The van der Waals surface area contributed by atoms with Crippen molar-refractivity contribution in [2.75, 3.05) is 19.6 Å². The van der Waals surface area contributed by atoms with E-state index in [-0.39, 0.29) is 36.0 Å². The summed E-state index contributed by atoms with van der Waals surface area (Å²) in [6.07, 6.45) is 10.4. The van der Waals surface area contributed by atoms with Crippen LogP contribution in [-0.4, -0.2) is 65.1 Å². The molecule has 44 heavy (non-hydrogen) atoms. The zero-order valence-electron chi connectivity index (χ0n) is 25.9. The van der Waals surface area contributed by atoms with E-state index in [1.165, 1.54) is 16.7 Å². The highest BCUT2D eigenvalue weighted by atomic mass is 16.6. The third-order valence-corrected chi connectivity index (χ3v) is 10.5. The van der Waals surface area contributed by atoms with Crippen molar-refractivity contribution >= 4 is 18.0 Å². The van der Waals surface area contributed by atoms with E-state index in [0.717, 1.165) is 43.7 Å². The van der Waals surface area contributed by atoms with Crippen molar-refractivity contribution in [1.82, 2.24) is 9.80 Å². The van der Waals surface area contributed by atoms with Crippen LogP contribution in [0.15, 0.2) is 77.6 Å². The summed E-state index contributed by atoms with van der Waals surface area (Å²) in [5.41, 5.74) is 3.40. The van der Waals surface area contributed by atoms with Crippen LogP contribution in [0.5, 0.6) is 5.75 Å². The van der Waals surface area contributed by atoms with E-state index in [1.54, 1.807) is 25.5 Å². The number of hydrogen-bond donors (Lipinski definition) is 0. The van der Waals surface area contributed by atoms with Gasteiger partial charge in [-0.15, -0.1) is 0 Å². The lowest BCUT2D eigenvalue weighted by Gasteiger charge is -2.65. The van der Waals surface area contributed by atoms with Gasteiger partial charge in [-0.05, 0) is 73.9 Å². The summed E-state index contributed by atoms with van der Waals surface area (Å²) >= 11 is 0. The van der Waals surface area contributed by atoms with Crippen LogP contribution in [-0.2, 0) is 32.6 Å². The van der Waals surface area contributed by atoms with E-state index in [9.17, 15) is 9.59 Å². The van der Waals surface area contributed by atoms with E-state index in [0.29, 0.717) is 19.4 Å². The molecule has 2 fully saturated rings. The first-order chi connectivity index (χ1) is 21.3. The Bertz CT molecular complexity index is 1550. The van der Waals surface area contributed by atoms with Crippen molar-refractivity contribution in [1.29, 1.82) is 0 Å². The Labute approximate surface area is 259 Å². The van der Waals surface area contributed by atoms with Gasteiger partial charge in [0.05, 0.1) is 30.0 Å². The summed E-state index contributed by atoms with van der Waals surface area (Å²) in [5.74, 6) is 0.881. The fourth-order valence-corrected chi connectivity index (χ4v) is 8.93. The lowest BCUT2D eigenvalue weighted by atomic mass is 9.48. The van der Waals surface area contributed by atoms with Crippen molar-refractivity contribution < 1.29 is 23.5 Å². The van der Waals surface area contributed by atoms with Gasteiger partial charge in [-0.3, -0.25) is 14.5 Å². The molecule has 3 heterocycles. The van der Waals surface area contributed by atoms with Crippen LogP contribution in [0.1, 0.15) is 62.3 Å². The Kier molecular flexibility index (Phi) is 7.40. The number of benzene rings is 2. The highest BCUT2D eigenvalue weighted by Crippen LogP contribution is 2.65. The lowest BCUT2D eigenvalue weighted by molar-refractivity contribution is -0.224. The molecular weight excluding hydrogens is 552 g/mol. The molecule has 2 aliphatic carbocycles. The molecule has 3 aromatic rings. The molecule has 0 N–H and O–H groups in total. The SMILES string of the molecule is CC(=O)O[C@@]12CC[C@H](N(CC(C)C)C(=O)/C=C/c3ccoc3)[C@@H]3Oc4cccc5c4[C@@]31CCN(CCc1ccccc1)[C@@H]2C5. The predicted molar refractivity (Wildman–Crippen MR) is 168 cm³/mol. The zero-order valence-corrected chi connectivity index (χ0v) is 25.9. The van der Waals surface area contributed by atoms with Gasteiger partial charge in [-0.1, -0.05) is 56.3 Å². The standard InChI is InChI=1S/C37H42N2O5/c1-25(2)23-39(33(41)13-12-28-16-21-42-24-28)30-14-17-37(44-26(3)40)32-22-29-10-7-11-31-34(29)36(37,35(30)43-31)18-20-38(32)19-15-27-8-5-4-6-9-27/h4-13,16,21,24-25,30,32,35H,14-15,17-20,22-23H2,1-3H3/b13-12+/t30-,32+,35-,36-,37+/m0/s1. The fourth-order valence-electron chi connectivity index (χ4n) is 8.93. The molecule has 1 spiro atoms. The van der Waals surface area contributed by atoms with Crippen LogP contribution < -0.4 is 4.74 Å². The van der Waals surface area contributed by atoms with Gasteiger partial charge < -0.3 is 18.8 Å². The van der Waals surface area contributed by atoms with Crippen LogP contribution in [0, 0.1) is 5.92 Å². The molecular formula is C37H42N2O5. The summed E-state index contributed by atoms with van der Waals surface area (Å²) < 4.78 is 18.9. The third-order valence-electron chi connectivity index (χ3n) is 10.5. The van der Waals surface area contributed by atoms with E-state index in [2.05, 4.69) is 67.3 Å². The molecule has 1 aromatic heterocycles. The zero-order chi connectivity index (χ0) is 30.5. The van der Waals surface area contributed by atoms with Gasteiger partial charge in [0.2, 0.25) is 5.91 Å². The maximum absolute atomic E-state index is 14.0. The molecule has 0 radical (unpaired) electrons. The van der Waals surface area contributed by atoms with Crippen molar-refractivity contribution in [2.45, 2.75) is 82.1 Å². The highest BCUT2D eigenvalue weighted by Gasteiger charge is 2.75. The minimum atomic E-state index is -0.728. The van der Waals surface area contributed by atoms with Gasteiger partial charge in [0.15, 0.2) is 0 Å². The smallest absolute Gasteiger partial charge is 0.303 e. The van der Waals surface area contributed by atoms with Gasteiger partial charge in [0.1, 0.15) is 17.5 Å². The van der Waals surface area contributed by atoms with E-state index >= 15 is 0 Å². The number of esters is 1. The number of amides is 1. The molecule has 0 unspecified atom stereocenters. The maximum atomic E-state index is 14.0. The molecule has 2 aliphatic heterocycles. The number of hydrogen-bond acceptors (Lipinski definition) is 6. The molecule has 230 valence electrons. The number of piperidine rings is 1. The van der Waals surface area contributed by atoms with Crippen molar-refractivity contribution in [3.05, 3.63) is 95.5 Å². The van der Waals surface area contributed by atoms with Crippen LogP contribution in [0.4, 0.5) is 0 Å². The van der Waals surface area contributed by atoms with Gasteiger partial charge in [-0.2, -0.15) is 0 Å². The van der Waals surface area contributed by atoms with Gasteiger partial charge in [0, 0.05) is 37.2 Å². The minimum Gasteiger partial charge on any atom is -0.487 e. The number of rotatable bonds is 9. The average molecular weight is 595 g/mol. The monoisotopic (exact) mass is 594 g/mol. The summed E-state index contributed by atoms with van der Waals surface area (Å²) in [4.78, 5) is 31.6. The first-order valence-electron chi connectivity index (χ1n) is 16.1. The molecule has 2 aromatic carbocycles. The average Bonchev–Trinajstić information content (AvgIpc) is 3.64. The highest BCUT2D eigenvalue weighted by molar-refractivity contribution is 5.92. The number of likely N-dealkylation sites (tertiary alicyclic amines) is 1. The Morgan fingerprint density at radius 3 is 2.70 bits per heavy atom. The molecule has 7 heteroatoms. The Balaban J connectivity index is 1.29. The largest absolute Gasteiger partial charge is 0.487 e. The maximum Gasteiger partial charge on any atom is 0.303 e. The van der Waals surface area contributed by atoms with Crippen LogP contribution in [0.25, 0.3) is 6.08 Å². The van der Waals surface area contributed by atoms with Crippen molar-refractivity contribution in [3.63, 3.8) is 0 Å². The molecule has 2 bridgehead atoms. The van der Waals surface area contributed by atoms with Gasteiger partial charge >= 0.3 is 5.97 Å². The van der Waals surface area contributed by atoms with Crippen LogP contribution in [0.3, 0.4) is 0 Å². The number of ether oxygens (including phenoxy) is 2. The van der Waals surface area contributed by atoms with Gasteiger partial charge in [-0.25, -0.2) is 0 Å². The Morgan fingerprint density at radius 2 is 1.95 bits per heavy atom. The Morgan fingerprint density at radius 1 is 1.11 bits per heavy atom. The van der Waals surface area contributed by atoms with Gasteiger partial charge in [0.25, 0.3) is 0 Å². The molecule has 5 atom stereocenters. The predicted octanol–water partition coefficient (Wildman–Crippen LogP) is 5.81. The molecule has 1 saturated heterocycles. The molecule has 1 amide bonds. The van der Waals surface area contributed by atoms with Crippen LogP contribution in [0.2, 0.25) is 0 Å². The first kappa shape index (κ1) is 28.9. The minimum absolute atomic E-state index is 0.0336. The molecule has 7 rings (SSSR count). The fraction of sp³-hybridized carbons (Fsp3) is 0.459.